The molecule has 1 aliphatic heterocycles. The highest BCUT2D eigenvalue weighted by molar-refractivity contribution is 5.44. The Hall–Kier alpha value is -1.26. The lowest BCUT2D eigenvalue weighted by Crippen LogP contribution is -2.37. The van der Waals surface area contributed by atoms with Crippen LogP contribution < -0.4 is 15.2 Å². The van der Waals surface area contributed by atoms with Gasteiger partial charge in [-0.1, -0.05) is 6.07 Å². The van der Waals surface area contributed by atoms with Crippen LogP contribution in [0.3, 0.4) is 0 Å². The Balaban J connectivity index is 2.06. The summed E-state index contributed by atoms with van der Waals surface area (Å²) in [6, 6.07) is 5.91. The predicted molar refractivity (Wildman–Crippen MR) is 74.7 cm³/mol. The maximum atomic E-state index is 6.17. The number of hydrogen-bond donors (Lipinski definition) is 1. The van der Waals surface area contributed by atoms with Crippen molar-refractivity contribution in [2.45, 2.75) is 38.3 Å². The fourth-order valence-electron chi connectivity index (χ4n) is 2.37. The largest absolute Gasteiger partial charge is 0.493 e. The monoisotopic (exact) mass is 265 g/mol. The van der Waals surface area contributed by atoms with Gasteiger partial charge in [-0.25, -0.2) is 0 Å². The number of nitrogens with two attached hydrogens (primary N) is 1. The van der Waals surface area contributed by atoms with Gasteiger partial charge in [-0.2, -0.15) is 0 Å². The summed E-state index contributed by atoms with van der Waals surface area (Å²) in [5.41, 5.74) is 7.01. The minimum absolute atomic E-state index is 0.0290. The lowest BCUT2D eigenvalue weighted by atomic mass is 9.90. The molecule has 106 valence electrons. The fraction of sp³-hybridized carbons (Fsp3) is 0.600. The summed E-state index contributed by atoms with van der Waals surface area (Å²) in [4.78, 5) is 0. The number of fused-ring (bicyclic) bond motifs is 1. The van der Waals surface area contributed by atoms with Gasteiger partial charge in [-0.3, -0.25) is 0 Å². The van der Waals surface area contributed by atoms with Crippen molar-refractivity contribution in [3.63, 3.8) is 0 Å². The smallest absolute Gasteiger partial charge is 0.128 e. The Labute approximate surface area is 114 Å². The Bertz CT molecular complexity index is 431. The first-order valence-corrected chi connectivity index (χ1v) is 6.72. The molecule has 0 saturated heterocycles. The first-order chi connectivity index (χ1) is 9.02. The molecule has 0 spiro atoms. The van der Waals surface area contributed by atoms with Crippen LogP contribution in [-0.2, 0) is 4.74 Å². The standard InChI is InChI=1S/C15H23NO3/c1-15(2)10-13(16)12-6-5-11(9-14(12)19-15)18-8-4-7-17-3/h5-6,9,13H,4,7-8,10,16H2,1-3H3. The maximum absolute atomic E-state index is 6.17. The van der Waals surface area contributed by atoms with E-state index in [1.807, 2.05) is 18.2 Å². The molecule has 0 bridgehead atoms. The summed E-state index contributed by atoms with van der Waals surface area (Å²) < 4.78 is 16.6. The lowest BCUT2D eigenvalue weighted by Gasteiger charge is -2.36. The quantitative estimate of drug-likeness (QED) is 0.832. The number of hydrogen-bond acceptors (Lipinski definition) is 4. The molecule has 0 amide bonds. The van der Waals surface area contributed by atoms with Crippen molar-refractivity contribution < 1.29 is 14.2 Å². The molecule has 0 fully saturated rings. The van der Waals surface area contributed by atoms with E-state index in [4.69, 9.17) is 19.9 Å². The van der Waals surface area contributed by atoms with Gasteiger partial charge < -0.3 is 19.9 Å². The van der Waals surface area contributed by atoms with Crippen molar-refractivity contribution in [1.29, 1.82) is 0 Å². The van der Waals surface area contributed by atoms with E-state index in [1.54, 1.807) is 7.11 Å². The van der Waals surface area contributed by atoms with Crippen LogP contribution in [0.2, 0.25) is 0 Å². The molecule has 4 nitrogen and oxygen atoms in total. The van der Waals surface area contributed by atoms with E-state index in [1.165, 1.54) is 0 Å². The second-order valence-electron chi connectivity index (χ2n) is 5.57. The van der Waals surface area contributed by atoms with E-state index in [0.717, 1.165) is 29.9 Å². The maximum Gasteiger partial charge on any atom is 0.128 e. The number of rotatable bonds is 5. The minimum atomic E-state index is -0.221. The molecule has 1 atom stereocenters. The van der Waals surface area contributed by atoms with Gasteiger partial charge in [-0.05, 0) is 19.9 Å². The van der Waals surface area contributed by atoms with Crippen LogP contribution in [0.15, 0.2) is 18.2 Å². The normalized spacial score (nSPS) is 20.5. The topological polar surface area (TPSA) is 53.7 Å². The van der Waals surface area contributed by atoms with Crippen molar-refractivity contribution in [2.24, 2.45) is 5.73 Å². The van der Waals surface area contributed by atoms with Gasteiger partial charge in [0.1, 0.15) is 17.1 Å². The van der Waals surface area contributed by atoms with Crippen molar-refractivity contribution in [3.8, 4) is 11.5 Å². The first kappa shape index (κ1) is 14.2. The third kappa shape index (κ3) is 3.61. The second kappa shape index (κ2) is 5.80. The molecular weight excluding hydrogens is 242 g/mol. The van der Waals surface area contributed by atoms with E-state index in [9.17, 15) is 0 Å². The summed E-state index contributed by atoms with van der Waals surface area (Å²) in [6.07, 6.45) is 1.70. The molecule has 1 aliphatic rings. The number of benzene rings is 1. The van der Waals surface area contributed by atoms with E-state index in [2.05, 4.69) is 13.8 Å². The van der Waals surface area contributed by atoms with Crippen LogP contribution in [0.5, 0.6) is 11.5 Å². The summed E-state index contributed by atoms with van der Waals surface area (Å²) in [5, 5.41) is 0. The third-order valence-corrected chi connectivity index (χ3v) is 3.24. The highest BCUT2D eigenvalue weighted by atomic mass is 16.5. The molecule has 4 heteroatoms. The summed E-state index contributed by atoms with van der Waals surface area (Å²) in [5.74, 6) is 1.66. The molecule has 19 heavy (non-hydrogen) atoms. The first-order valence-electron chi connectivity index (χ1n) is 6.72. The number of ether oxygens (including phenoxy) is 3. The second-order valence-corrected chi connectivity index (χ2v) is 5.57. The number of methoxy groups -OCH3 is 1. The highest BCUT2D eigenvalue weighted by Gasteiger charge is 2.31. The minimum Gasteiger partial charge on any atom is -0.493 e. The SMILES string of the molecule is COCCCOc1ccc2c(c1)OC(C)(C)CC2N. The van der Waals surface area contributed by atoms with Gasteiger partial charge in [0.05, 0.1) is 6.61 Å². The molecule has 1 aromatic rings. The third-order valence-electron chi connectivity index (χ3n) is 3.24. The molecule has 1 unspecified atom stereocenters. The van der Waals surface area contributed by atoms with E-state index in [-0.39, 0.29) is 11.6 Å². The fourth-order valence-corrected chi connectivity index (χ4v) is 2.37. The van der Waals surface area contributed by atoms with Gasteiger partial charge in [0, 0.05) is 44.2 Å². The average molecular weight is 265 g/mol. The Morgan fingerprint density at radius 3 is 2.89 bits per heavy atom. The van der Waals surface area contributed by atoms with Crippen LogP contribution >= 0.6 is 0 Å². The summed E-state index contributed by atoms with van der Waals surface area (Å²) in [6.45, 7) is 5.46. The Kier molecular flexibility index (Phi) is 4.32. The van der Waals surface area contributed by atoms with Gasteiger partial charge in [-0.15, -0.1) is 0 Å². The van der Waals surface area contributed by atoms with Crippen molar-refractivity contribution >= 4 is 0 Å². The van der Waals surface area contributed by atoms with E-state index < -0.39 is 0 Å². The van der Waals surface area contributed by atoms with Gasteiger partial charge in [0.15, 0.2) is 0 Å². The van der Waals surface area contributed by atoms with Crippen molar-refractivity contribution in [1.82, 2.24) is 0 Å². The van der Waals surface area contributed by atoms with Crippen molar-refractivity contribution in [2.75, 3.05) is 20.3 Å². The van der Waals surface area contributed by atoms with Crippen LogP contribution in [0, 0.1) is 0 Å². The average Bonchev–Trinajstić information content (AvgIpc) is 2.32. The molecule has 0 saturated carbocycles. The zero-order chi connectivity index (χ0) is 13.9. The molecular formula is C15H23NO3. The van der Waals surface area contributed by atoms with Crippen LogP contribution in [0.1, 0.15) is 38.3 Å². The Morgan fingerprint density at radius 2 is 2.16 bits per heavy atom. The van der Waals surface area contributed by atoms with Crippen molar-refractivity contribution in [3.05, 3.63) is 23.8 Å². The van der Waals surface area contributed by atoms with E-state index >= 15 is 0 Å². The van der Waals surface area contributed by atoms with Crippen LogP contribution in [0.4, 0.5) is 0 Å². The van der Waals surface area contributed by atoms with Gasteiger partial charge >= 0.3 is 0 Å². The summed E-state index contributed by atoms with van der Waals surface area (Å²) in [7, 11) is 1.69. The Morgan fingerprint density at radius 1 is 1.37 bits per heavy atom. The predicted octanol–water partition coefficient (Wildman–Crippen LogP) is 2.66. The molecule has 2 rings (SSSR count). The molecule has 1 aromatic carbocycles. The molecule has 0 aromatic heterocycles. The van der Waals surface area contributed by atoms with Crippen LogP contribution in [-0.4, -0.2) is 25.9 Å². The molecule has 0 aliphatic carbocycles. The summed E-state index contributed by atoms with van der Waals surface area (Å²) >= 11 is 0. The molecule has 0 radical (unpaired) electrons. The van der Waals surface area contributed by atoms with Gasteiger partial charge in [0.2, 0.25) is 0 Å². The lowest BCUT2D eigenvalue weighted by molar-refractivity contribution is 0.0724. The molecule has 1 heterocycles. The van der Waals surface area contributed by atoms with Crippen LogP contribution in [0.25, 0.3) is 0 Å². The molecule has 2 N–H and O–H groups in total. The highest BCUT2D eigenvalue weighted by Crippen LogP contribution is 2.39. The zero-order valence-electron chi connectivity index (χ0n) is 11.9. The zero-order valence-corrected chi connectivity index (χ0v) is 11.9. The van der Waals surface area contributed by atoms with Gasteiger partial charge in [0.25, 0.3) is 0 Å². The van der Waals surface area contributed by atoms with E-state index in [0.29, 0.717) is 13.2 Å².